The van der Waals surface area contributed by atoms with Gasteiger partial charge in [0.25, 0.3) is 0 Å². The normalized spacial score (nSPS) is 14.5. The molecule has 0 amide bonds. The van der Waals surface area contributed by atoms with E-state index < -0.39 is 18.6 Å². The summed E-state index contributed by atoms with van der Waals surface area (Å²) in [5.41, 5.74) is 7.66. The summed E-state index contributed by atoms with van der Waals surface area (Å²) < 4.78 is 51.4. The second-order valence-electron chi connectivity index (χ2n) is 11.3. The molecule has 0 aliphatic carbocycles. The van der Waals surface area contributed by atoms with Crippen LogP contribution >= 0.6 is 0 Å². The SMILES string of the molecule is [2H]C([2H])([2H])c1cc(C([2H])([2H])C(C)(C)C)ccc1-c1cc[n+](C)c(-c2c(C)ccc3c2oc2c(-c4ccccc4)cccc23)c1. The van der Waals surface area contributed by atoms with Crippen LogP contribution in [0.2, 0.25) is 0 Å². The maximum absolute atomic E-state index is 8.76. The molecule has 0 atom stereocenters. The molecule has 4 aromatic carbocycles. The standard InChI is InChI=1S/C37H36NO/c1-24-15-17-32-31-14-10-13-30(27-11-8-7-9-12-27)35(31)39-36(32)34(24)33-22-28(19-20-38(33)6)29-18-16-26(21-25(29)2)23-37(3,4)5/h7-22H,23H2,1-6H3/q+1/i2D3,23D2. The molecule has 0 spiro atoms. The Morgan fingerprint density at radius 2 is 1.56 bits per heavy atom. The smallest absolute Gasteiger partial charge is 0.216 e. The van der Waals surface area contributed by atoms with E-state index in [1.54, 1.807) is 12.1 Å². The van der Waals surface area contributed by atoms with Crippen LogP contribution < -0.4 is 4.57 Å². The Balaban J connectivity index is 1.57. The van der Waals surface area contributed by atoms with Crippen molar-refractivity contribution >= 4 is 21.9 Å². The molecular formula is C37H36NO+. The van der Waals surface area contributed by atoms with Crippen LogP contribution in [0.5, 0.6) is 0 Å². The van der Waals surface area contributed by atoms with E-state index in [0.717, 1.165) is 55.4 Å². The van der Waals surface area contributed by atoms with Crippen LogP contribution in [0.1, 0.15) is 44.3 Å². The minimum Gasteiger partial charge on any atom is -0.454 e. The van der Waals surface area contributed by atoms with Crippen LogP contribution in [0, 0.1) is 19.2 Å². The molecule has 0 aliphatic heterocycles. The van der Waals surface area contributed by atoms with Gasteiger partial charge in [-0.05, 0) is 58.9 Å². The first-order chi connectivity index (χ1) is 20.7. The number of rotatable bonds is 4. The van der Waals surface area contributed by atoms with Crippen LogP contribution in [-0.4, -0.2) is 0 Å². The summed E-state index contributed by atoms with van der Waals surface area (Å²) in [5.74, 6) is 0. The third-order valence-electron chi connectivity index (χ3n) is 7.22. The van der Waals surface area contributed by atoms with Crippen LogP contribution in [0.3, 0.4) is 0 Å². The van der Waals surface area contributed by atoms with Crippen molar-refractivity contribution in [3.8, 4) is 33.5 Å². The summed E-state index contributed by atoms with van der Waals surface area (Å²) in [5, 5.41) is 2.05. The molecule has 0 radical (unpaired) electrons. The van der Waals surface area contributed by atoms with E-state index in [-0.39, 0.29) is 5.56 Å². The molecule has 6 rings (SSSR count). The number of benzene rings is 4. The molecular weight excluding hydrogens is 474 g/mol. The molecule has 2 heterocycles. The first kappa shape index (κ1) is 19.8. The number of fused-ring (bicyclic) bond motifs is 3. The highest BCUT2D eigenvalue weighted by Crippen LogP contribution is 2.41. The fraction of sp³-hybridized carbons (Fsp3) is 0.216. The molecule has 39 heavy (non-hydrogen) atoms. The second kappa shape index (κ2) is 9.54. The van der Waals surface area contributed by atoms with Gasteiger partial charge in [0.2, 0.25) is 5.69 Å². The van der Waals surface area contributed by atoms with Crippen molar-refractivity contribution in [1.82, 2.24) is 0 Å². The first-order valence-electron chi connectivity index (χ1n) is 15.8. The monoisotopic (exact) mass is 515 g/mol. The topological polar surface area (TPSA) is 17.0 Å². The molecule has 194 valence electrons. The van der Waals surface area contributed by atoms with Crippen molar-refractivity contribution in [1.29, 1.82) is 0 Å². The van der Waals surface area contributed by atoms with Crippen molar-refractivity contribution in [3.63, 3.8) is 0 Å². The predicted octanol–water partition coefficient (Wildman–Crippen LogP) is 9.62. The zero-order valence-electron chi connectivity index (χ0n) is 28.1. The van der Waals surface area contributed by atoms with Gasteiger partial charge in [0, 0.05) is 35.3 Å². The Morgan fingerprint density at radius 1 is 0.769 bits per heavy atom. The highest BCUT2D eigenvalue weighted by atomic mass is 16.3. The van der Waals surface area contributed by atoms with Gasteiger partial charge in [-0.2, -0.15) is 0 Å². The molecule has 0 bridgehead atoms. The number of nitrogens with zero attached hydrogens (tertiary/aromatic N) is 1. The number of furan rings is 1. The van der Waals surface area contributed by atoms with Crippen molar-refractivity contribution in [2.45, 2.75) is 40.9 Å². The lowest BCUT2D eigenvalue weighted by Crippen LogP contribution is -2.30. The molecule has 0 saturated carbocycles. The van der Waals surface area contributed by atoms with Crippen LogP contribution in [-0.2, 0) is 13.4 Å². The van der Waals surface area contributed by atoms with Crippen molar-refractivity contribution in [2.75, 3.05) is 0 Å². The summed E-state index contributed by atoms with van der Waals surface area (Å²) in [4.78, 5) is 0. The van der Waals surface area contributed by atoms with Gasteiger partial charge in [-0.25, -0.2) is 4.57 Å². The minimum absolute atomic E-state index is 0.133. The molecule has 2 aromatic heterocycles. The zero-order chi connectivity index (χ0) is 31.6. The average molecular weight is 516 g/mol. The maximum atomic E-state index is 8.76. The molecule has 0 N–H and O–H groups in total. The van der Waals surface area contributed by atoms with Crippen LogP contribution in [0.25, 0.3) is 55.4 Å². The van der Waals surface area contributed by atoms with Gasteiger partial charge in [-0.1, -0.05) is 99.6 Å². The summed E-state index contributed by atoms with van der Waals surface area (Å²) in [6.07, 6.45) is 0.221. The summed E-state index contributed by atoms with van der Waals surface area (Å²) in [6, 6.07) is 29.6. The maximum Gasteiger partial charge on any atom is 0.216 e. The van der Waals surface area contributed by atoms with E-state index in [1.165, 1.54) is 6.07 Å². The Kier molecular flexibility index (Phi) is 4.85. The molecule has 2 heteroatoms. The van der Waals surface area contributed by atoms with E-state index in [0.29, 0.717) is 11.1 Å². The summed E-state index contributed by atoms with van der Waals surface area (Å²) >= 11 is 0. The second-order valence-corrected chi connectivity index (χ2v) is 11.3. The highest BCUT2D eigenvalue weighted by molar-refractivity contribution is 6.13. The highest BCUT2D eigenvalue weighted by Gasteiger charge is 2.23. The van der Waals surface area contributed by atoms with E-state index in [1.807, 2.05) is 68.9 Å². The number of para-hydroxylation sites is 1. The summed E-state index contributed by atoms with van der Waals surface area (Å²) in [6.45, 7) is 5.10. The zero-order valence-corrected chi connectivity index (χ0v) is 23.1. The van der Waals surface area contributed by atoms with Gasteiger partial charge < -0.3 is 4.42 Å². The van der Waals surface area contributed by atoms with E-state index in [4.69, 9.17) is 11.3 Å². The molecule has 0 fully saturated rings. The number of aryl methyl sites for hydroxylation is 3. The molecule has 2 nitrogen and oxygen atoms in total. The van der Waals surface area contributed by atoms with Gasteiger partial charge in [0.05, 0.1) is 5.56 Å². The van der Waals surface area contributed by atoms with Gasteiger partial charge in [-0.15, -0.1) is 0 Å². The minimum atomic E-state index is -2.43. The largest absolute Gasteiger partial charge is 0.454 e. The van der Waals surface area contributed by atoms with Crippen molar-refractivity contribution in [2.24, 2.45) is 12.5 Å². The average Bonchev–Trinajstić information content (AvgIpc) is 3.35. The van der Waals surface area contributed by atoms with Crippen LogP contribution in [0.4, 0.5) is 0 Å². The van der Waals surface area contributed by atoms with Crippen LogP contribution in [0.15, 0.2) is 102 Å². The lowest BCUT2D eigenvalue weighted by molar-refractivity contribution is -0.660. The lowest BCUT2D eigenvalue weighted by Gasteiger charge is -2.19. The van der Waals surface area contributed by atoms with Gasteiger partial charge in [-0.3, -0.25) is 0 Å². The Labute approximate surface area is 238 Å². The number of aromatic nitrogens is 1. The fourth-order valence-electron chi connectivity index (χ4n) is 5.42. The predicted molar refractivity (Wildman–Crippen MR) is 164 cm³/mol. The number of hydrogen-bond acceptors (Lipinski definition) is 1. The Morgan fingerprint density at radius 3 is 2.33 bits per heavy atom. The third kappa shape index (κ3) is 4.65. The summed E-state index contributed by atoms with van der Waals surface area (Å²) in [7, 11) is 1.97. The van der Waals surface area contributed by atoms with Gasteiger partial charge in [0.15, 0.2) is 6.20 Å². The van der Waals surface area contributed by atoms with E-state index in [2.05, 4.69) is 49.4 Å². The number of pyridine rings is 1. The molecule has 6 aromatic rings. The van der Waals surface area contributed by atoms with Gasteiger partial charge in [0.1, 0.15) is 18.2 Å². The third-order valence-corrected chi connectivity index (χ3v) is 7.22. The fourth-order valence-corrected chi connectivity index (χ4v) is 5.42. The van der Waals surface area contributed by atoms with Crippen molar-refractivity contribution < 1.29 is 15.8 Å². The van der Waals surface area contributed by atoms with Crippen molar-refractivity contribution in [3.05, 3.63) is 114 Å². The Hall–Kier alpha value is -4.17. The lowest BCUT2D eigenvalue weighted by atomic mass is 9.86. The molecule has 0 unspecified atom stereocenters. The quantitative estimate of drug-likeness (QED) is 0.214. The molecule has 0 saturated heterocycles. The number of hydrogen-bond donors (Lipinski definition) is 0. The van der Waals surface area contributed by atoms with E-state index >= 15 is 0 Å². The Bertz CT molecular complexity index is 2030. The van der Waals surface area contributed by atoms with E-state index in [9.17, 15) is 0 Å². The van der Waals surface area contributed by atoms with Gasteiger partial charge >= 0.3 is 0 Å². The molecule has 0 aliphatic rings. The first-order valence-corrected chi connectivity index (χ1v) is 13.3.